The monoisotopic (exact) mass is 412 g/mol. The molecule has 25 heavy (non-hydrogen) atoms. The molecule has 2 rings (SSSR count). The highest BCUT2D eigenvalue weighted by Gasteiger charge is 2.28. The van der Waals surface area contributed by atoms with Gasteiger partial charge in [-0.2, -0.15) is 8.42 Å². The average molecular weight is 412 g/mol. The van der Waals surface area contributed by atoms with Crippen molar-refractivity contribution in [3.63, 3.8) is 0 Å². The van der Waals surface area contributed by atoms with E-state index in [9.17, 15) is 34.0 Å². The Morgan fingerprint density at radius 1 is 0.760 bits per heavy atom. The number of hydrogen-bond donors (Lipinski definition) is 1. The first-order valence-corrected chi connectivity index (χ1v) is 11.1. The zero-order valence-electron chi connectivity index (χ0n) is 12.1. The highest BCUT2D eigenvalue weighted by atomic mass is 32.3. The maximum atomic E-state index is 13.6. The summed E-state index contributed by atoms with van der Waals surface area (Å²) >= 11 is 0. The number of sulfone groups is 2. The Balaban J connectivity index is 2.40. The van der Waals surface area contributed by atoms with Crippen molar-refractivity contribution in [1.82, 2.24) is 0 Å². The summed E-state index contributed by atoms with van der Waals surface area (Å²) < 4.78 is 106. The Kier molecular flexibility index (Phi) is 5.01. The Morgan fingerprint density at radius 2 is 1.28 bits per heavy atom. The van der Waals surface area contributed by atoms with Gasteiger partial charge in [0, 0.05) is 6.07 Å². The fourth-order valence-corrected chi connectivity index (χ4v) is 6.23. The van der Waals surface area contributed by atoms with Gasteiger partial charge in [0.1, 0.15) is 16.5 Å². The van der Waals surface area contributed by atoms with Gasteiger partial charge in [-0.15, -0.1) is 0 Å². The second kappa shape index (κ2) is 6.44. The fraction of sp³-hybridized carbons (Fsp3) is 0.0769. The second-order valence-electron chi connectivity index (χ2n) is 4.87. The van der Waals surface area contributed by atoms with Gasteiger partial charge in [0.15, 0.2) is 24.8 Å². The highest BCUT2D eigenvalue weighted by molar-refractivity contribution is 8.08. The van der Waals surface area contributed by atoms with Crippen molar-refractivity contribution in [3.8, 4) is 0 Å². The van der Waals surface area contributed by atoms with Gasteiger partial charge in [0.05, 0.1) is 9.79 Å². The van der Waals surface area contributed by atoms with E-state index in [4.69, 9.17) is 4.55 Å². The second-order valence-corrected chi connectivity index (χ2v) is 10.6. The standard InChI is InChI=1S/C13H10F2O7S3/c14-9-1-6-13(12(15)7-9)24(18,19)8-23(16,17)10-2-4-11(5-3-10)25(20,21)22/h1-7H,8H2,(H,20,21,22). The van der Waals surface area contributed by atoms with Crippen LogP contribution in [0.25, 0.3) is 0 Å². The quantitative estimate of drug-likeness (QED) is 0.582. The molecule has 0 aliphatic heterocycles. The van der Waals surface area contributed by atoms with E-state index >= 15 is 0 Å². The van der Waals surface area contributed by atoms with E-state index in [1.807, 2.05) is 0 Å². The van der Waals surface area contributed by atoms with E-state index < -0.39 is 61.2 Å². The molecule has 0 radical (unpaired) electrons. The van der Waals surface area contributed by atoms with Gasteiger partial charge in [-0.3, -0.25) is 4.55 Å². The number of benzene rings is 2. The Hall–Kier alpha value is -1.89. The van der Waals surface area contributed by atoms with Crippen LogP contribution < -0.4 is 0 Å². The maximum absolute atomic E-state index is 13.6. The molecule has 0 atom stereocenters. The lowest BCUT2D eigenvalue weighted by Crippen LogP contribution is -2.18. The third kappa shape index (κ3) is 4.39. The maximum Gasteiger partial charge on any atom is 0.294 e. The van der Waals surface area contributed by atoms with Gasteiger partial charge < -0.3 is 0 Å². The molecule has 0 unspecified atom stereocenters. The molecule has 7 nitrogen and oxygen atoms in total. The van der Waals surface area contributed by atoms with Gasteiger partial charge in [0.2, 0.25) is 0 Å². The molecule has 0 fully saturated rings. The topological polar surface area (TPSA) is 123 Å². The molecule has 0 bridgehead atoms. The summed E-state index contributed by atoms with van der Waals surface area (Å²) in [6, 6.07) is 4.70. The van der Waals surface area contributed by atoms with Crippen molar-refractivity contribution in [2.24, 2.45) is 0 Å². The van der Waals surface area contributed by atoms with Crippen molar-refractivity contribution in [3.05, 3.63) is 54.1 Å². The lowest BCUT2D eigenvalue weighted by molar-refractivity contribution is 0.483. The fourth-order valence-electron chi connectivity index (χ4n) is 1.88. The van der Waals surface area contributed by atoms with E-state index in [0.717, 1.165) is 24.3 Å². The molecule has 0 aromatic heterocycles. The molecular weight excluding hydrogens is 402 g/mol. The smallest absolute Gasteiger partial charge is 0.282 e. The van der Waals surface area contributed by atoms with Crippen LogP contribution in [-0.2, 0) is 29.8 Å². The number of halogens is 2. The third-order valence-corrected chi connectivity index (χ3v) is 8.36. The molecule has 0 saturated heterocycles. The summed E-state index contributed by atoms with van der Waals surface area (Å²) in [5.41, 5.74) is 0. The van der Waals surface area contributed by atoms with Crippen molar-refractivity contribution in [2.45, 2.75) is 14.7 Å². The van der Waals surface area contributed by atoms with Crippen LogP contribution in [0.5, 0.6) is 0 Å². The van der Waals surface area contributed by atoms with Crippen LogP contribution >= 0.6 is 0 Å². The lowest BCUT2D eigenvalue weighted by atomic mass is 10.3. The molecule has 0 saturated carbocycles. The van der Waals surface area contributed by atoms with Crippen molar-refractivity contribution in [1.29, 1.82) is 0 Å². The van der Waals surface area contributed by atoms with Gasteiger partial charge in [-0.1, -0.05) is 0 Å². The first kappa shape index (κ1) is 19.4. The molecule has 12 heteroatoms. The van der Waals surface area contributed by atoms with E-state index in [-0.39, 0.29) is 0 Å². The third-order valence-electron chi connectivity index (χ3n) is 3.02. The predicted octanol–water partition coefficient (Wildman–Crippen LogP) is 1.42. The van der Waals surface area contributed by atoms with E-state index in [1.165, 1.54) is 0 Å². The summed E-state index contributed by atoms with van der Waals surface area (Å²) in [6.07, 6.45) is 0. The van der Waals surface area contributed by atoms with Gasteiger partial charge in [-0.25, -0.2) is 25.6 Å². The molecule has 2 aromatic rings. The Morgan fingerprint density at radius 3 is 1.76 bits per heavy atom. The van der Waals surface area contributed by atoms with Crippen LogP contribution in [0, 0.1) is 11.6 Å². The van der Waals surface area contributed by atoms with Crippen LogP contribution in [0.1, 0.15) is 0 Å². The van der Waals surface area contributed by atoms with Crippen LogP contribution in [-0.4, -0.2) is 34.9 Å². The summed E-state index contributed by atoms with van der Waals surface area (Å²) in [5, 5.41) is -1.51. The summed E-state index contributed by atoms with van der Waals surface area (Å²) in [4.78, 5) is -2.11. The Bertz CT molecular complexity index is 1120. The SMILES string of the molecule is O=S(=O)(O)c1ccc(S(=O)(=O)CS(=O)(=O)c2ccc(F)cc2F)cc1. The predicted molar refractivity (Wildman–Crippen MR) is 81.9 cm³/mol. The van der Waals surface area contributed by atoms with E-state index in [0.29, 0.717) is 18.2 Å². The van der Waals surface area contributed by atoms with Gasteiger partial charge in [-0.05, 0) is 36.4 Å². The zero-order chi connectivity index (χ0) is 19.0. The molecule has 0 heterocycles. The van der Waals surface area contributed by atoms with Crippen molar-refractivity contribution < 1.29 is 38.6 Å². The Labute approximate surface area is 142 Å². The first-order valence-electron chi connectivity index (χ1n) is 6.31. The molecule has 0 aliphatic rings. The minimum atomic E-state index is -4.65. The first-order chi connectivity index (χ1) is 11.3. The molecule has 0 amide bonds. The van der Waals surface area contributed by atoms with Crippen molar-refractivity contribution in [2.75, 3.05) is 5.08 Å². The highest BCUT2D eigenvalue weighted by Crippen LogP contribution is 2.22. The average Bonchev–Trinajstić information content (AvgIpc) is 2.45. The van der Waals surface area contributed by atoms with E-state index in [1.54, 1.807) is 0 Å². The largest absolute Gasteiger partial charge is 0.294 e. The minimum Gasteiger partial charge on any atom is -0.282 e. The molecule has 2 aromatic carbocycles. The minimum absolute atomic E-state index is 0.306. The molecule has 1 N–H and O–H groups in total. The molecular formula is C13H10F2O7S3. The molecule has 0 spiro atoms. The normalized spacial score (nSPS) is 12.9. The number of rotatable bonds is 5. The molecule has 0 aliphatic carbocycles. The van der Waals surface area contributed by atoms with Crippen LogP contribution in [0.2, 0.25) is 0 Å². The summed E-state index contributed by atoms with van der Waals surface area (Å²) in [7, 11) is -13.7. The molecule has 136 valence electrons. The van der Waals surface area contributed by atoms with Crippen molar-refractivity contribution >= 4 is 29.8 Å². The number of hydrogen-bond acceptors (Lipinski definition) is 6. The zero-order valence-corrected chi connectivity index (χ0v) is 14.6. The summed E-state index contributed by atoms with van der Waals surface area (Å²) in [5.74, 6) is -2.46. The lowest BCUT2D eigenvalue weighted by Gasteiger charge is -2.08. The van der Waals surface area contributed by atoms with Gasteiger partial charge >= 0.3 is 0 Å². The summed E-state index contributed by atoms with van der Waals surface area (Å²) in [6.45, 7) is 0. The van der Waals surface area contributed by atoms with E-state index in [2.05, 4.69) is 0 Å². The van der Waals surface area contributed by atoms with Gasteiger partial charge in [0.25, 0.3) is 10.1 Å². The van der Waals surface area contributed by atoms with Crippen LogP contribution in [0.15, 0.2) is 57.2 Å². The van der Waals surface area contributed by atoms with Crippen LogP contribution in [0.4, 0.5) is 8.78 Å². The van der Waals surface area contributed by atoms with Crippen LogP contribution in [0.3, 0.4) is 0 Å².